The fourth-order valence-electron chi connectivity index (χ4n) is 2.70. The molecule has 3 aromatic rings. The molecule has 0 fully saturated rings. The summed E-state index contributed by atoms with van der Waals surface area (Å²) in [4.78, 5) is 21.6. The van der Waals surface area contributed by atoms with E-state index in [-0.39, 0.29) is 5.91 Å². The van der Waals surface area contributed by atoms with Gasteiger partial charge in [0, 0.05) is 48.2 Å². The van der Waals surface area contributed by atoms with E-state index in [4.69, 9.17) is 16.6 Å². The summed E-state index contributed by atoms with van der Waals surface area (Å²) in [5.41, 5.74) is 8.90. The Morgan fingerprint density at radius 3 is 2.78 bits per heavy atom. The lowest BCUT2D eigenvalue weighted by Gasteiger charge is -2.06. The van der Waals surface area contributed by atoms with Gasteiger partial charge >= 0.3 is 0 Å². The molecule has 0 aliphatic heterocycles. The molecule has 0 spiro atoms. The van der Waals surface area contributed by atoms with Crippen molar-refractivity contribution in [2.45, 2.75) is 19.9 Å². The van der Waals surface area contributed by atoms with Crippen LogP contribution in [0.2, 0.25) is 0 Å². The topological polar surface area (TPSA) is 134 Å². The number of carbonyl (C=O) groups is 1. The number of nitrogens with two attached hydrogens (primary N) is 1. The number of thiazole rings is 2. The second-order valence-corrected chi connectivity index (χ2v) is 7.90. The van der Waals surface area contributed by atoms with E-state index in [1.165, 1.54) is 35.0 Å². The maximum atomic E-state index is 12.7. The Hall–Kier alpha value is -2.85. The van der Waals surface area contributed by atoms with E-state index in [2.05, 4.69) is 15.3 Å². The quantitative estimate of drug-likeness (QED) is 0.452. The van der Waals surface area contributed by atoms with E-state index in [0.717, 1.165) is 26.6 Å². The van der Waals surface area contributed by atoms with Crippen molar-refractivity contribution in [2.24, 2.45) is 12.8 Å². The van der Waals surface area contributed by atoms with Gasteiger partial charge in [0.1, 0.15) is 15.7 Å². The van der Waals surface area contributed by atoms with E-state index in [1.807, 2.05) is 12.3 Å². The molecular formula is C17H19N7OS2. The SMILES string of the molecule is Cc1csc(CNC(=O)c2c(C=N)c3sc(CC(N)=CC=N)nc3n2C)n1. The van der Waals surface area contributed by atoms with E-state index in [1.54, 1.807) is 11.6 Å². The van der Waals surface area contributed by atoms with Crippen LogP contribution in [0.3, 0.4) is 0 Å². The Labute approximate surface area is 163 Å². The van der Waals surface area contributed by atoms with Crippen molar-refractivity contribution in [1.82, 2.24) is 19.9 Å². The van der Waals surface area contributed by atoms with Crippen LogP contribution in [0.25, 0.3) is 10.3 Å². The van der Waals surface area contributed by atoms with Gasteiger partial charge < -0.3 is 26.4 Å². The minimum atomic E-state index is -0.265. The molecule has 1 amide bonds. The average molecular weight is 402 g/mol. The van der Waals surface area contributed by atoms with Gasteiger partial charge in [-0.25, -0.2) is 9.97 Å². The highest BCUT2D eigenvalue weighted by Crippen LogP contribution is 2.30. The van der Waals surface area contributed by atoms with Gasteiger partial charge in [0.15, 0.2) is 5.65 Å². The second-order valence-electron chi connectivity index (χ2n) is 5.88. The zero-order valence-electron chi connectivity index (χ0n) is 14.9. The largest absolute Gasteiger partial charge is 0.402 e. The lowest BCUT2D eigenvalue weighted by molar-refractivity contribution is 0.0943. The standard InChI is InChI=1S/C17H19N7OS2/c1-9-8-26-13(22-9)7-21-17(25)14-11(6-19)15-16(24(14)2)23-12(27-15)5-10(20)3-4-18/h3-4,6,8,18-19H,5,7,20H2,1-2H3,(H,21,25). The van der Waals surface area contributed by atoms with E-state index in [0.29, 0.717) is 35.6 Å². The monoisotopic (exact) mass is 401 g/mol. The third kappa shape index (κ3) is 3.81. The zero-order valence-corrected chi connectivity index (χ0v) is 16.5. The second kappa shape index (κ2) is 7.80. The fourth-order valence-corrected chi connectivity index (χ4v) is 4.56. The number of hydrogen-bond acceptors (Lipinski definition) is 8. The minimum absolute atomic E-state index is 0.265. The van der Waals surface area contributed by atoms with Crippen LogP contribution >= 0.6 is 22.7 Å². The predicted octanol–water partition coefficient (Wildman–Crippen LogP) is 2.36. The fraction of sp³-hybridized carbons (Fsp3) is 0.235. The van der Waals surface area contributed by atoms with Crippen LogP contribution < -0.4 is 11.1 Å². The highest BCUT2D eigenvalue weighted by Gasteiger charge is 2.23. The van der Waals surface area contributed by atoms with Gasteiger partial charge in [-0.3, -0.25) is 4.79 Å². The molecule has 140 valence electrons. The number of aromatic nitrogens is 3. The van der Waals surface area contributed by atoms with Gasteiger partial charge in [-0.2, -0.15) is 0 Å². The van der Waals surface area contributed by atoms with Crippen molar-refractivity contribution in [3.63, 3.8) is 0 Å². The Morgan fingerprint density at radius 1 is 1.37 bits per heavy atom. The molecule has 0 radical (unpaired) electrons. The number of hydrogen-bond donors (Lipinski definition) is 4. The van der Waals surface area contributed by atoms with Crippen molar-refractivity contribution in [3.8, 4) is 0 Å². The number of allylic oxidation sites excluding steroid dienone is 2. The summed E-state index contributed by atoms with van der Waals surface area (Å²) in [5.74, 6) is -0.265. The first-order chi connectivity index (χ1) is 12.9. The normalized spacial score (nSPS) is 11.7. The van der Waals surface area contributed by atoms with E-state index in [9.17, 15) is 4.79 Å². The molecule has 8 nitrogen and oxygen atoms in total. The van der Waals surface area contributed by atoms with Crippen LogP contribution in [0.4, 0.5) is 0 Å². The average Bonchev–Trinajstić information content (AvgIpc) is 3.28. The summed E-state index contributed by atoms with van der Waals surface area (Å²) in [6, 6.07) is 0. The molecule has 0 saturated heterocycles. The molecule has 3 aromatic heterocycles. The maximum absolute atomic E-state index is 12.7. The third-order valence-corrected chi connectivity index (χ3v) is 5.93. The van der Waals surface area contributed by atoms with Crippen LogP contribution in [0.5, 0.6) is 0 Å². The van der Waals surface area contributed by atoms with Gasteiger partial charge in [0.05, 0.1) is 11.2 Å². The highest BCUT2D eigenvalue weighted by molar-refractivity contribution is 7.19. The van der Waals surface area contributed by atoms with Crippen LogP contribution in [-0.4, -0.2) is 32.9 Å². The van der Waals surface area contributed by atoms with Crippen LogP contribution in [0, 0.1) is 17.7 Å². The molecule has 0 unspecified atom stereocenters. The summed E-state index contributed by atoms with van der Waals surface area (Å²) in [5, 5.41) is 21.3. The van der Waals surface area contributed by atoms with Crippen LogP contribution in [0.1, 0.15) is 31.8 Å². The third-order valence-electron chi connectivity index (χ3n) is 3.89. The maximum Gasteiger partial charge on any atom is 0.269 e. The van der Waals surface area contributed by atoms with Crippen molar-refractivity contribution in [3.05, 3.63) is 44.1 Å². The number of rotatable bonds is 7. The first kappa shape index (κ1) is 18.9. The number of nitrogens with zero attached hydrogens (tertiary/aromatic N) is 3. The summed E-state index contributed by atoms with van der Waals surface area (Å²) >= 11 is 2.90. The van der Waals surface area contributed by atoms with E-state index < -0.39 is 0 Å². The molecule has 0 aliphatic rings. The Balaban J connectivity index is 1.89. The Morgan fingerprint density at radius 2 is 2.15 bits per heavy atom. The van der Waals surface area contributed by atoms with Crippen LogP contribution in [-0.2, 0) is 20.0 Å². The van der Waals surface area contributed by atoms with Gasteiger partial charge in [0.25, 0.3) is 5.91 Å². The Kier molecular flexibility index (Phi) is 5.47. The lowest BCUT2D eigenvalue weighted by atomic mass is 10.2. The van der Waals surface area contributed by atoms with Gasteiger partial charge in [-0.15, -0.1) is 22.7 Å². The molecular weight excluding hydrogens is 382 g/mol. The summed E-state index contributed by atoms with van der Waals surface area (Å²) < 4.78 is 2.48. The first-order valence-electron chi connectivity index (χ1n) is 8.07. The zero-order chi connectivity index (χ0) is 19.6. The minimum Gasteiger partial charge on any atom is -0.402 e. The molecule has 3 rings (SSSR count). The summed E-state index contributed by atoms with van der Waals surface area (Å²) in [7, 11) is 1.76. The predicted molar refractivity (Wildman–Crippen MR) is 109 cm³/mol. The number of nitrogens with one attached hydrogen (secondary N) is 3. The van der Waals surface area contributed by atoms with Crippen LogP contribution in [0.15, 0.2) is 17.2 Å². The van der Waals surface area contributed by atoms with Gasteiger partial charge in [-0.05, 0) is 13.0 Å². The highest BCUT2D eigenvalue weighted by atomic mass is 32.1. The smallest absolute Gasteiger partial charge is 0.269 e. The number of amides is 1. The molecule has 0 atom stereocenters. The number of carbonyl (C=O) groups excluding carboxylic acids is 1. The first-order valence-corrected chi connectivity index (χ1v) is 9.77. The molecule has 0 saturated carbocycles. The van der Waals surface area contributed by atoms with Crippen molar-refractivity contribution >= 4 is 51.4 Å². The van der Waals surface area contributed by atoms with Crippen molar-refractivity contribution in [1.29, 1.82) is 10.8 Å². The molecule has 0 bridgehead atoms. The van der Waals surface area contributed by atoms with Gasteiger partial charge in [0.2, 0.25) is 0 Å². The molecule has 0 aliphatic carbocycles. The molecule has 27 heavy (non-hydrogen) atoms. The molecule has 0 aromatic carbocycles. The summed E-state index contributed by atoms with van der Waals surface area (Å²) in [6.45, 7) is 2.25. The molecule has 3 heterocycles. The number of fused-ring (bicyclic) bond motifs is 1. The molecule has 10 heteroatoms. The Bertz CT molecular complexity index is 1060. The number of aryl methyl sites for hydroxylation is 2. The molecule has 5 N–H and O–H groups in total. The van der Waals surface area contributed by atoms with Gasteiger partial charge in [-0.1, -0.05) is 0 Å². The van der Waals surface area contributed by atoms with Crippen molar-refractivity contribution < 1.29 is 4.79 Å². The van der Waals surface area contributed by atoms with Crippen molar-refractivity contribution in [2.75, 3.05) is 0 Å². The van der Waals surface area contributed by atoms with E-state index >= 15 is 0 Å². The summed E-state index contributed by atoms with van der Waals surface area (Å²) in [6.07, 6.45) is 4.27. The lowest BCUT2D eigenvalue weighted by Crippen LogP contribution is -2.26.